The lowest BCUT2D eigenvalue weighted by Crippen LogP contribution is -2.23. The van der Waals surface area contributed by atoms with Gasteiger partial charge in [-0.1, -0.05) is 30.7 Å². The summed E-state index contributed by atoms with van der Waals surface area (Å²) in [7, 11) is 0. The van der Waals surface area contributed by atoms with Crippen LogP contribution in [0.15, 0.2) is 48.9 Å². The minimum atomic E-state index is 0.347. The summed E-state index contributed by atoms with van der Waals surface area (Å²) < 4.78 is 1.95. The van der Waals surface area contributed by atoms with Crippen LogP contribution in [0.5, 0.6) is 0 Å². The molecule has 4 rings (SSSR count). The van der Waals surface area contributed by atoms with Gasteiger partial charge >= 0.3 is 0 Å². The Labute approximate surface area is 140 Å². The van der Waals surface area contributed by atoms with E-state index < -0.39 is 0 Å². The smallest absolute Gasteiger partial charge is 0.233 e. The van der Waals surface area contributed by atoms with Gasteiger partial charge in [0.05, 0.1) is 5.69 Å². The third kappa shape index (κ3) is 3.09. The number of imidazole rings is 1. The maximum Gasteiger partial charge on any atom is 0.233 e. The molecule has 5 heteroatoms. The van der Waals surface area contributed by atoms with E-state index in [4.69, 9.17) is 11.6 Å². The Kier molecular flexibility index (Phi) is 3.79. The van der Waals surface area contributed by atoms with Gasteiger partial charge in [0.25, 0.3) is 0 Å². The number of halogens is 1. The Morgan fingerprint density at radius 1 is 1.35 bits per heavy atom. The van der Waals surface area contributed by atoms with E-state index in [1.807, 2.05) is 35.0 Å². The van der Waals surface area contributed by atoms with Gasteiger partial charge in [-0.3, -0.25) is 4.40 Å². The normalized spacial score (nSPS) is 21.5. The van der Waals surface area contributed by atoms with Gasteiger partial charge in [-0.15, -0.1) is 0 Å². The minimum Gasteiger partial charge on any atom is -0.304 e. The summed E-state index contributed by atoms with van der Waals surface area (Å²) in [4.78, 5) is 8.83. The van der Waals surface area contributed by atoms with Gasteiger partial charge in [0.1, 0.15) is 0 Å². The summed E-state index contributed by atoms with van der Waals surface area (Å²) in [5.74, 6) is 2.20. The predicted octanol–water partition coefficient (Wildman–Crippen LogP) is 3.87. The van der Waals surface area contributed by atoms with Crippen LogP contribution in [0.4, 0.5) is 0 Å². The molecule has 1 saturated carbocycles. The van der Waals surface area contributed by atoms with Gasteiger partial charge in [0.2, 0.25) is 5.78 Å². The summed E-state index contributed by atoms with van der Waals surface area (Å²) in [6.45, 7) is 3.05. The lowest BCUT2D eigenvalue weighted by Gasteiger charge is -2.19. The highest BCUT2D eigenvalue weighted by molar-refractivity contribution is 6.30. The first-order chi connectivity index (χ1) is 11.2. The summed E-state index contributed by atoms with van der Waals surface area (Å²) in [5, 5.41) is 4.46. The summed E-state index contributed by atoms with van der Waals surface area (Å²) in [6.07, 6.45) is 7.04. The van der Waals surface area contributed by atoms with Crippen LogP contribution in [-0.2, 0) is 6.54 Å². The Morgan fingerprint density at radius 2 is 2.13 bits per heavy atom. The fraction of sp³-hybridized carbons (Fsp3) is 0.333. The molecule has 0 radical (unpaired) electrons. The van der Waals surface area contributed by atoms with E-state index in [-0.39, 0.29) is 0 Å². The van der Waals surface area contributed by atoms with Gasteiger partial charge in [-0.05, 0) is 42.0 Å². The van der Waals surface area contributed by atoms with Crippen LogP contribution in [0.25, 0.3) is 5.78 Å². The second-order valence-corrected chi connectivity index (χ2v) is 6.78. The van der Waals surface area contributed by atoms with Crippen molar-refractivity contribution in [3.8, 4) is 0 Å². The molecule has 118 valence electrons. The first-order valence-corrected chi connectivity index (χ1v) is 8.36. The number of hydrogen-bond donors (Lipinski definition) is 1. The number of rotatable bonds is 5. The highest BCUT2D eigenvalue weighted by atomic mass is 35.5. The fourth-order valence-corrected chi connectivity index (χ4v) is 3.31. The molecule has 1 aromatic carbocycles. The number of aromatic nitrogens is 3. The molecular formula is C18H19ClN4. The first-order valence-electron chi connectivity index (χ1n) is 7.98. The third-order valence-corrected chi connectivity index (χ3v) is 4.87. The molecule has 0 spiro atoms. The van der Waals surface area contributed by atoms with Gasteiger partial charge in [-0.2, -0.15) is 0 Å². The van der Waals surface area contributed by atoms with Crippen molar-refractivity contribution >= 4 is 17.4 Å². The average molecular weight is 327 g/mol. The second-order valence-electron chi connectivity index (χ2n) is 6.35. The van der Waals surface area contributed by atoms with Crippen molar-refractivity contribution in [3.63, 3.8) is 0 Å². The van der Waals surface area contributed by atoms with Crippen LogP contribution in [0, 0.1) is 11.8 Å². The Morgan fingerprint density at radius 3 is 2.83 bits per heavy atom. The van der Waals surface area contributed by atoms with Crippen molar-refractivity contribution in [2.45, 2.75) is 25.9 Å². The lowest BCUT2D eigenvalue weighted by molar-refractivity contribution is 0.459. The highest BCUT2D eigenvalue weighted by Gasteiger charge is 2.39. The van der Waals surface area contributed by atoms with Crippen molar-refractivity contribution in [1.82, 2.24) is 19.7 Å². The van der Waals surface area contributed by atoms with E-state index in [9.17, 15) is 0 Å². The second kappa shape index (κ2) is 5.95. The third-order valence-electron chi connectivity index (χ3n) is 4.62. The molecule has 2 heterocycles. The zero-order chi connectivity index (χ0) is 15.8. The molecule has 0 amide bonds. The molecule has 1 fully saturated rings. The zero-order valence-electron chi connectivity index (χ0n) is 13.0. The Balaban J connectivity index is 1.52. The van der Waals surface area contributed by atoms with Crippen molar-refractivity contribution in [1.29, 1.82) is 0 Å². The SMILES string of the molecule is CC1CC1C(NCc1cn2cccnc2n1)c1ccc(Cl)cc1. The first kappa shape index (κ1) is 14.7. The molecule has 1 aliphatic carbocycles. The van der Waals surface area contributed by atoms with Gasteiger partial charge < -0.3 is 5.32 Å². The molecule has 0 bridgehead atoms. The number of hydrogen-bond acceptors (Lipinski definition) is 3. The predicted molar refractivity (Wildman–Crippen MR) is 91.3 cm³/mol. The van der Waals surface area contributed by atoms with E-state index in [1.165, 1.54) is 12.0 Å². The van der Waals surface area contributed by atoms with Gasteiger partial charge in [-0.25, -0.2) is 9.97 Å². The van der Waals surface area contributed by atoms with Crippen LogP contribution < -0.4 is 5.32 Å². The molecule has 3 atom stereocenters. The largest absolute Gasteiger partial charge is 0.304 e. The van der Waals surface area contributed by atoms with Crippen LogP contribution in [0.3, 0.4) is 0 Å². The van der Waals surface area contributed by atoms with E-state index >= 15 is 0 Å². The molecule has 23 heavy (non-hydrogen) atoms. The molecule has 3 unspecified atom stereocenters. The molecule has 0 saturated heterocycles. The Hall–Kier alpha value is -1.91. The van der Waals surface area contributed by atoms with Crippen LogP contribution in [0.1, 0.15) is 30.6 Å². The number of benzene rings is 1. The standard InChI is InChI=1S/C18H19ClN4/c1-12-9-16(12)17(13-3-5-14(19)6-4-13)21-10-15-11-23-8-2-7-20-18(23)22-15/h2-8,11-12,16-17,21H,9-10H2,1H3. The molecule has 4 nitrogen and oxygen atoms in total. The van der Waals surface area contributed by atoms with E-state index in [2.05, 4.69) is 34.3 Å². The number of fused-ring (bicyclic) bond motifs is 1. The zero-order valence-corrected chi connectivity index (χ0v) is 13.7. The molecule has 3 aromatic rings. The van der Waals surface area contributed by atoms with E-state index in [0.717, 1.165) is 29.0 Å². The lowest BCUT2D eigenvalue weighted by atomic mass is 10.0. The maximum absolute atomic E-state index is 6.02. The topological polar surface area (TPSA) is 42.2 Å². The van der Waals surface area contributed by atoms with Gasteiger partial charge in [0.15, 0.2) is 0 Å². The quantitative estimate of drug-likeness (QED) is 0.774. The Bertz CT molecular complexity index is 778. The summed E-state index contributed by atoms with van der Waals surface area (Å²) >= 11 is 6.02. The van der Waals surface area contributed by atoms with Crippen molar-refractivity contribution in [2.75, 3.05) is 0 Å². The minimum absolute atomic E-state index is 0.347. The number of nitrogens with one attached hydrogen (secondary N) is 1. The van der Waals surface area contributed by atoms with Crippen LogP contribution in [-0.4, -0.2) is 14.4 Å². The van der Waals surface area contributed by atoms with Crippen LogP contribution in [0.2, 0.25) is 5.02 Å². The van der Waals surface area contributed by atoms with E-state index in [1.54, 1.807) is 6.20 Å². The summed E-state index contributed by atoms with van der Waals surface area (Å²) in [6, 6.07) is 10.4. The molecule has 0 aliphatic heterocycles. The molecular weight excluding hydrogens is 308 g/mol. The molecule has 1 N–H and O–H groups in total. The van der Waals surface area contributed by atoms with Crippen molar-refractivity contribution < 1.29 is 0 Å². The summed E-state index contributed by atoms with van der Waals surface area (Å²) in [5.41, 5.74) is 2.31. The molecule has 2 aromatic heterocycles. The van der Waals surface area contributed by atoms with Crippen LogP contribution >= 0.6 is 11.6 Å². The monoisotopic (exact) mass is 326 g/mol. The average Bonchev–Trinajstić information content (AvgIpc) is 3.12. The molecule has 1 aliphatic rings. The van der Waals surface area contributed by atoms with Crippen molar-refractivity contribution in [2.24, 2.45) is 11.8 Å². The van der Waals surface area contributed by atoms with Gasteiger partial charge in [0, 0.05) is 36.2 Å². The highest BCUT2D eigenvalue weighted by Crippen LogP contribution is 2.47. The maximum atomic E-state index is 6.02. The number of nitrogens with zero attached hydrogens (tertiary/aromatic N) is 3. The van der Waals surface area contributed by atoms with Crippen molar-refractivity contribution in [3.05, 3.63) is 65.2 Å². The van der Waals surface area contributed by atoms with E-state index in [0.29, 0.717) is 12.0 Å². The fourth-order valence-electron chi connectivity index (χ4n) is 3.18.